The zero-order valence-electron chi connectivity index (χ0n) is 19.6. The Kier molecular flexibility index (Phi) is 9.15. The smallest absolute Gasteiger partial charge is 0.222 e. The first-order valence-electron chi connectivity index (χ1n) is 12.0. The molecule has 0 aromatic heterocycles. The summed E-state index contributed by atoms with van der Waals surface area (Å²) >= 11 is 0. The Balaban J connectivity index is 1.48. The number of nitrogens with zero attached hydrogens (tertiary/aromatic N) is 4. The SMILES string of the molecule is CCNC(=NCc1ccc(CN2CCN(CC)CC2)cc1)NC1CCN(C(=O)CC)C1. The maximum absolute atomic E-state index is 11.9. The molecule has 2 N–H and O–H groups in total. The van der Waals surface area contributed by atoms with E-state index in [2.05, 4.69) is 58.5 Å². The monoisotopic (exact) mass is 428 g/mol. The Bertz CT molecular complexity index is 711. The number of hydrogen-bond acceptors (Lipinski definition) is 4. The molecule has 1 unspecified atom stereocenters. The molecule has 0 bridgehead atoms. The van der Waals surface area contributed by atoms with E-state index in [4.69, 9.17) is 4.99 Å². The lowest BCUT2D eigenvalue weighted by Gasteiger charge is -2.34. The van der Waals surface area contributed by atoms with Gasteiger partial charge >= 0.3 is 0 Å². The average molecular weight is 429 g/mol. The van der Waals surface area contributed by atoms with Crippen molar-refractivity contribution in [2.75, 3.05) is 52.4 Å². The first kappa shape index (κ1) is 23.5. The van der Waals surface area contributed by atoms with Crippen molar-refractivity contribution in [2.24, 2.45) is 4.99 Å². The molecule has 0 spiro atoms. The van der Waals surface area contributed by atoms with Gasteiger partial charge in [0, 0.05) is 64.8 Å². The fraction of sp³-hybridized carbons (Fsp3) is 0.667. The molecule has 0 radical (unpaired) electrons. The normalized spacial score (nSPS) is 20.8. The molecule has 3 rings (SSSR count). The standard InChI is InChI=1S/C24H40N6O/c1-4-23(31)30-12-11-22(19-30)27-24(25-5-2)26-17-20-7-9-21(10-8-20)18-29-15-13-28(6-3)14-16-29/h7-10,22H,4-6,11-19H2,1-3H3,(H2,25,26,27). The lowest BCUT2D eigenvalue weighted by atomic mass is 10.1. The van der Waals surface area contributed by atoms with E-state index in [1.165, 1.54) is 24.2 Å². The summed E-state index contributed by atoms with van der Waals surface area (Å²) in [5, 5.41) is 6.84. The highest BCUT2D eigenvalue weighted by atomic mass is 16.2. The van der Waals surface area contributed by atoms with Gasteiger partial charge < -0.3 is 20.4 Å². The second-order valence-corrected chi connectivity index (χ2v) is 8.55. The van der Waals surface area contributed by atoms with Gasteiger partial charge in [-0.05, 0) is 31.0 Å². The molecule has 31 heavy (non-hydrogen) atoms. The molecule has 1 amide bonds. The molecule has 2 fully saturated rings. The van der Waals surface area contributed by atoms with Crippen molar-refractivity contribution in [1.82, 2.24) is 25.3 Å². The predicted octanol–water partition coefficient (Wildman–Crippen LogP) is 1.89. The van der Waals surface area contributed by atoms with Gasteiger partial charge in [0.25, 0.3) is 0 Å². The van der Waals surface area contributed by atoms with Gasteiger partial charge in [-0.2, -0.15) is 0 Å². The number of nitrogens with one attached hydrogen (secondary N) is 2. The largest absolute Gasteiger partial charge is 0.357 e. The lowest BCUT2D eigenvalue weighted by Crippen LogP contribution is -2.45. The predicted molar refractivity (Wildman–Crippen MR) is 127 cm³/mol. The Morgan fingerprint density at radius 3 is 2.32 bits per heavy atom. The van der Waals surface area contributed by atoms with E-state index in [1.54, 1.807) is 0 Å². The van der Waals surface area contributed by atoms with Crippen molar-refractivity contribution in [1.29, 1.82) is 0 Å². The van der Waals surface area contributed by atoms with Crippen LogP contribution in [0.15, 0.2) is 29.3 Å². The number of rotatable bonds is 8. The van der Waals surface area contributed by atoms with Gasteiger partial charge in [0.1, 0.15) is 0 Å². The van der Waals surface area contributed by atoms with E-state index in [1.807, 2.05) is 11.8 Å². The molecular weight excluding hydrogens is 388 g/mol. The van der Waals surface area contributed by atoms with Gasteiger partial charge in [-0.3, -0.25) is 9.69 Å². The third-order valence-electron chi connectivity index (χ3n) is 6.29. The summed E-state index contributed by atoms with van der Waals surface area (Å²) < 4.78 is 0. The molecule has 172 valence electrons. The highest BCUT2D eigenvalue weighted by molar-refractivity contribution is 5.80. The zero-order chi connectivity index (χ0) is 22.1. The Labute approximate surface area is 187 Å². The molecule has 1 aromatic carbocycles. The van der Waals surface area contributed by atoms with Crippen LogP contribution in [0.3, 0.4) is 0 Å². The van der Waals surface area contributed by atoms with Crippen molar-refractivity contribution in [2.45, 2.75) is 52.7 Å². The highest BCUT2D eigenvalue weighted by Gasteiger charge is 2.25. The van der Waals surface area contributed by atoms with E-state index < -0.39 is 0 Å². The van der Waals surface area contributed by atoms with E-state index in [0.29, 0.717) is 13.0 Å². The summed E-state index contributed by atoms with van der Waals surface area (Å²) in [5.41, 5.74) is 2.58. The summed E-state index contributed by atoms with van der Waals surface area (Å²) in [6, 6.07) is 9.14. The summed E-state index contributed by atoms with van der Waals surface area (Å²) in [4.78, 5) is 23.7. The molecule has 2 heterocycles. The van der Waals surface area contributed by atoms with Gasteiger partial charge in [-0.15, -0.1) is 0 Å². The Hall–Kier alpha value is -2.12. The Morgan fingerprint density at radius 1 is 1.00 bits per heavy atom. The number of likely N-dealkylation sites (tertiary alicyclic amines) is 1. The summed E-state index contributed by atoms with van der Waals surface area (Å²) in [5.74, 6) is 1.06. The second-order valence-electron chi connectivity index (χ2n) is 8.55. The first-order chi connectivity index (χ1) is 15.1. The topological polar surface area (TPSA) is 63.2 Å². The molecule has 0 saturated carbocycles. The number of piperazine rings is 1. The van der Waals surface area contributed by atoms with Crippen LogP contribution in [0.1, 0.15) is 44.7 Å². The molecular formula is C24H40N6O. The summed E-state index contributed by atoms with van der Waals surface area (Å²) in [6.07, 6.45) is 1.54. The van der Waals surface area contributed by atoms with Crippen LogP contribution in [0.25, 0.3) is 0 Å². The van der Waals surface area contributed by atoms with Crippen molar-refractivity contribution >= 4 is 11.9 Å². The van der Waals surface area contributed by atoms with E-state index in [9.17, 15) is 4.79 Å². The van der Waals surface area contributed by atoms with Crippen LogP contribution in [0, 0.1) is 0 Å². The van der Waals surface area contributed by atoms with Crippen molar-refractivity contribution in [3.8, 4) is 0 Å². The van der Waals surface area contributed by atoms with Crippen LogP contribution in [0.5, 0.6) is 0 Å². The molecule has 2 aliphatic heterocycles. The third-order valence-corrected chi connectivity index (χ3v) is 6.29. The maximum Gasteiger partial charge on any atom is 0.222 e. The number of amides is 1. The van der Waals surface area contributed by atoms with E-state index >= 15 is 0 Å². The fourth-order valence-corrected chi connectivity index (χ4v) is 4.28. The number of likely N-dealkylation sites (N-methyl/N-ethyl adjacent to an activating group) is 1. The van der Waals surface area contributed by atoms with Crippen LogP contribution in [0.2, 0.25) is 0 Å². The van der Waals surface area contributed by atoms with Gasteiger partial charge in [0.05, 0.1) is 6.54 Å². The molecule has 1 atom stereocenters. The third kappa shape index (κ3) is 7.21. The van der Waals surface area contributed by atoms with E-state index in [-0.39, 0.29) is 11.9 Å². The van der Waals surface area contributed by atoms with Gasteiger partial charge in [0.2, 0.25) is 5.91 Å². The number of benzene rings is 1. The first-order valence-corrected chi connectivity index (χ1v) is 12.0. The minimum atomic E-state index is 0.235. The number of carbonyl (C=O) groups is 1. The van der Waals surface area contributed by atoms with Gasteiger partial charge in [-0.25, -0.2) is 4.99 Å². The van der Waals surface area contributed by atoms with Crippen molar-refractivity contribution in [3.05, 3.63) is 35.4 Å². The second kappa shape index (κ2) is 12.1. The van der Waals surface area contributed by atoms with Gasteiger partial charge in [0.15, 0.2) is 5.96 Å². The van der Waals surface area contributed by atoms with Crippen LogP contribution in [0.4, 0.5) is 0 Å². The van der Waals surface area contributed by atoms with Crippen molar-refractivity contribution in [3.63, 3.8) is 0 Å². The summed E-state index contributed by atoms with van der Waals surface area (Å²) in [6.45, 7) is 16.1. The quantitative estimate of drug-likeness (QED) is 0.489. The van der Waals surface area contributed by atoms with Crippen LogP contribution in [-0.2, 0) is 17.9 Å². The van der Waals surface area contributed by atoms with Crippen molar-refractivity contribution < 1.29 is 4.79 Å². The molecule has 1 aromatic rings. The zero-order valence-corrected chi connectivity index (χ0v) is 19.6. The molecule has 0 aliphatic carbocycles. The number of hydrogen-bond donors (Lipinski definition) is 2. The van der Waals surface area contributed by atoms with Crippen LogP contribution < -0.4 is 10.6 Å². The summed E-state index contributed by atoms with van der Waals surface area (Å²) in [7, 11) is 0. The Morgan fingerprint density at radius 2 is 1.68 bits per heavy atom. The maximum atomic E-state index is 11.9. The van der Waals surface area contributed by atoms with Crippen LogP contribution in [-0.4, -0.2) is 85.0 Å². The molecule has 7 heteroatoms. The fourth-order valence-electron chi connectivity index (χ4n) is 4.28. The number of aliphatic imine (C=N–C) groups is 1. The average Bonchev–Trinajstić information content (AvgIpc) is 3.27. The molecule has 7 nitrogen and oxygen atoms in total. The number of carbonyl (C=O) groups excluding carboxylic acids is 1. The highest BCUT2D eigenvalue weighted by Crippen LogP contribution is 2.12. The van der Waals surface area contributed by atoms with E-state index in [0.717, 1.165) is 58.2 Å². The molecule has 2 aliphatic rings. The van der Waals surface area contributed by atoms with Gasteiger partial charge in [-0.1, -0.05) is 38.1 Å². The lowest BCUT2D eigenvalue weighted by molar-refractivity contribution is -0.129. The minimum Gasteiger partial charge on any atom is -0.357 e. The minimum absolute atomic E-state index is 0.235. The molecule has 2 saturated heterocycles. The van der Waals surface area contributed by atoms with Crippen LogP contribution >= 0.6 is 0 Å². The number of guanidine groups is 1.